The van der Waals surface area contributed by atoms with E-state index in [1.54, 1.807) is 0 Å². The molecule has 2 aromatic carbocycles. The van der Waals surface area contributed by atoms with E-state index >= 15 is 0 Å². The van der Waals surface area contributed by atoms with Crippen LogP contribution in [-0.4, -0.2) is 40.4 Å². The minimum atomic E-state index is 0.0717. The number of amides is 1. The van der Waals surface area contributed by atoms with Crippen molar-refractivity contribution in [1.29, 1.82) is 0 Å². The molecule has 2 N–H and O–H groups in total. The molecular formula is C22H25ClN4O. The lowest BCUT2D eigenvalue weighted by Crippen LogP contribution is -2.33. The number of hydrogen-bond donors (Lipinski definition) is 2. The largest absolute Gasteiger partial charge is 0.356 e. The predicted molar refractivity (Wildman–Crippen MR) is 112 cm³/mol. The number of halogens is 1. The first kappa shape index (κ1) is 19.0. The molecule has 0 saturated carbocycles. The maximum atomic E-state index is 12.1. The molecule has 0 fully saturated rings. The molecule has 6 heteroatoms. The molecule has 5 nitrogen and oxygen atoms in total. The number of hydrogen-bond acceptors (Lipinski definition) is 3. The molecular weight excluding hydrogens is 372 g/mol. The van der Waals surface area contributed by atoms with E-state index in [1.165, 1.54) is 11.1 Å². The first-order chi connectivity index (χ1) is 13.7. The third-order valence-electron chi connectivity index (χ3n) is 5.27. The third-order valence-corrected chi connectivity index (χ3v) is 5.50. The molecule has 1 aliphatic rings. The minimum Gasteiger partial charge on any atom is -0.356 e. The van der Waals surface area contributed by atoms with E-state index in [2.05, 4.69) is 44.5 Å². The Morgan fingerprint density at radius 3 is 2.96 bits per heavy atom. The van der Waals surface area contributed by atoms with Crippen LogP contribution in [-0.2, 0) is 24.2 Å². The molecule has 146 valence electrons. The van der Waals surface area contributed by atoms with Gasteiger partial charge < -0.3 is 10.3 Å². The zero-order valence-electron chi connectivity index (χ0n) is 15.9. The van der Waals surface area contributed by atoms with Crippen molar-refractivity contribution in [2.45, 2.75) is 32.2 Å². The summed E-state index contributed by atoms with van der Waals surface area (Å²) in [6.07, 6.45) is 3.12. The zero-order valence-corrected chi connectivity index (χ0v) is 16.6. The van der Waals surface area contributed by atoms with E-state index in [-0.39, 0.29) is 5.91 Å². The Morgan fingerprint density at radius 2 is 2.07 bits per heavy atom. The molecule has 0 aliphatic carbocycles. The highest BCUT2D eigenvalue weighted by molar-refractivity contribution is 6.31. The molecule has 0 atom stereocenters. The molecule has 2 heterocycles. The highest BCUT2D eigenvalue weighted by atomic mass is 35.5. The maximum Gasteiger partial charge on any atom is 0.220 e. The molecule has 0 spiro atoms. The molecule has 1 aliphatic heterocycles. The second-order valence-electron chi connectivity index (χ2n) is 7.34. The summed E-state index contributed by atoms with van der Waals surface area (Å²) in [4.78, 5) is 22.3. The number of imidazole rings is 1. The number of H-pyrrole nitrogens is 1. The highest BCUT2D eigenvalue weighted by Crippen LogP contribution is 2.19. The van der Waals surface area contributed by atoms with E-state index in [9.17, 15) is 4.79 Å². The van der Waals surface area contributed by atoms with Gasteiger partial charge in [0.15, 0.2) is 0 Å². The van der Waals surface area contributed by atoms with E-state index in [0.717, 1.165) is 49.3 Å². The Bertz CT molecular complexity index is 968. The fourth-order valence-electron chi connectivity index (χ4n) is 3.75. The van der Waals surface area contributed by atoms with E-state index in [0.29, 0.717) is 24.4 Å². The van der Waals surface area contributed by atoms with Gasteiger partial charge in [-0.25, -0.2) is 4.98 Å². The summed E-state index contributed by atoms with van der Waals surface area (Å²) in [6, 6.07) is 14.2. The van der Waals surface area contributed by atoms with Gasteiger partial charge in [-0.15, -0.1) is 0 Å². The SMILES string of the molecule is O=C(CCc1nc2cc(Cl)ccc2[nH]1)NCCCN1CCc2ccccc2C1. The summed E-state index contributed by atoms with van der Waals surface area (Å²) < 4.78 is 0. The fourth-order valence-corrected chi connectivity index (χ4v) is 3.91. The summed E-state index contributed by atoms with van der Waals surface area (Å²) in [5.74, 6) is 0.891. The number of fused-ring (bicyclic) bond motifs is 2. The van der Waals surface area contributed by atoms with Gasteiger partial charge >= 0.3 is 0 Å². The van der Waals surface area contributed by atoms with Crippen LogP contribution in [0.2, 0.25) is 5.02 Å². The van der Waals surface area contributed by atoms with Crippen molar-refractivity contribution in [1.82, 2.24) is 20.2 Å². The Balaban J connectivity index is 1.16. The van der Waals surface area contributed by atoms with E-state index in [4.69, 9.17) is 11.6 Å². The number of nitrogens with one attached hydrogen (secondary N) is 2. The number of carbonyl (C=O) groups excluding carboxylic acids is 1. The molecule has 0 unspecified atom stereocenters. The van der Waals surface area contributed by atoms with Crippen LogP contribution >= 0.6 is 11.6 Å². The summed E-state index contributed by atoms with van der Waals surface area (Å²) in [5, 5.41) is 3.69. The van der Waals surface area contributed by atoms with Crippen molar-refractivity contribution in [3.8, 4) is 0 Å². The van der Waals surface area contributed by atoms with Gasteiger partial charge in [0.05, 0.1) is 11.0 Å². The van der Waals surface area contributed by atoms with Gasteiger partial charge in [0, 0.05) is 44.0 Å². The normalized spacial score (nSPS) is 14.2. The lowest BCUT2D eigenvalue weighted by molar-refractivity contribution is -0.121. The van der Waals surface area contributed by atoms with Crippen molar-refractivity contribution in [2.24, 2.45) is 0 Å². The van der Waals surface area contributed by atoms with E-state index < -0.39 is 0 Å². The van der Waals surface area contributed by atoms with Crippen LogP contribution in [0.1, 0.15) is 29.8 Å². The topological polar surface area (TPSA) is 61.0 Å². The maximum absolute atomic E-state index is 12.1. The molecule has 1 aromatic heterocycles. The summed E-state index contributed by atoms with van der Waals surface area (Å²) >= 11 is 5.99. The number of rotatable bonds is 7. The lowest BCUT2D eigenvalue weighted by Gasteiger charge is -2.28. The standard InChI is InChI=1S/C22H25ClN4O/c23-18-6-7-19-20(14-18)26-21(25-19)8-9-22(28)24-11-3-12-27-13-10-16-4-1-2-5-17(16)15-27/h1-2,4-7,14H,3,8-13,15H2,(H,24,28)(H,25,26). The van der Waals surface area contributed by atoms with Gasteiger partial charge in [-0.05, 0) is 42.2 Å². The van der Waals surface area contributed by atoms with Crippen LogP contribution < -0.4 is 5.32 Å². The Hall–Kier alpha value is -2.37. The van der Waals surface area contributed by atoms with Gasteiger partial charge in [0.1, 0.15) is 5.82 Å². The van der Waals surface area contributed by atoms with Gasteiger partial charge in [0.2, 0.25) is 5.91 Å². The number of nitrogens with zero attached hydrogens (tertiary/aromatic N) is 2. The van der Waals surface area contributed by atoms with Crippen LogP contribution in [0.25, 0.3) is 11.0 Å². The number of aromatic nitrogens is 2. The van der Waals surface area contributed by atoms with Crippen LogP contribution in [0.3, 0.4) is 0 Å². The highest BCUT2D eigenvalue weighted by Gasteiger charge is 2.15. The first-order valence-electron chi connectivity index (χ1n) is 9.87. The zero-order chi connectivity index (χ0) is 19.3. The van der Waals surface area contributed by atoms with Crippen molar-refractivity contribution in [3.63, 3.8) is 0 Å². The number of aromatic amines is 1. The Kier molecular flexibility index (Phi) is 5.93. The average molecular weight is 397 g/mol. The summed E-state index contributed by atoms with van der Waals surface area (Å²) in [7, 11) is 0. The third kappa shape index (κ3) is 4.72. The summed E-state index contributed by atoms with van der Waals surface area (Å²) in [6.45, 7) is 3.84. The molecule has 4 rings (SSSR count). The van der Waals surface area contributed by atoms with E-state index in [1.807, 2.05) is 18.2 Å². The Labute approximate surface area is 170 Å². The number of benzene rings is 2. The van der Waals surface area contributed by atoms with Gasteiger partial charge in [-0.3, -0.25) is 9.69 Å². The van der Waals surface area contributed by atoms with Gasteiger partial charge in [-0.2, -0.15) is 0 Å². The first-order valence-corrected chi connectivity index (χ1v) is 10.3. The average Bonchev–Trinajstić information content (AvgIpc) is 3.11. The molecule has 0 bridgehead atoms. The lowest BCUT2D eigenvalue weighted by atomic mass is 10.00. The smallest absolute Gasteiger partial charge is 0.220 e. The van der Waals surface area contributed by atoms with Crippen molar-refractivity contribution >= 4 is 28.5 Å². The van der Waals surface area contributed by atoms with Gasteiger partial charge in [0.25, 0.3) is 0 Å². The summed E-state index contributed by atoms with van der Waals surface area (Å²) in [5.41, 5.74) is 4.69. The second kappa shape index (κ2) is 8.76. The van der Waals surface area contributed by atoms with Gasteiger partial charge in [-0.1, -0.05) is 35.9 Å². The minimum absolute atomic E-state index is 0.0717. The van der Waals surface area contributed by atoms with Crippen LogP contribution in [0.15, 0.2) is 42.5 Å². The van der Waals surface area contributed by atoms with Crippen LogP contribution in [0.4, 0.5) is 0 Å². The monoisotopic (exact) mass is 396 g/mol. The fraction of sp³-hybridized carbons (Fsp3) is 0.364. The van der Waals surface area contributed by atoms with Crippen LogP contribution in [0.5, 0.6) is 0 Å². The molecule has 1 amide bonds. The predicted octanol–water partition coefficient (Wildman–Crippen LogP) is 3.71. The number of carbonyl (C=O) groups is 1. The molecule has 0 saturated heterocycles. The second-order valence-corrected chi connectivity index (χ2v) is 7.78. The molecule has 3 aromatic rings. The van der Waals surface area contributed by atoms with Crippen LogP contribution in [0, 0.1) is 0 Å². The Morgan fingerprint density at radius 1 is 1.21 bits per heavy atom. The van der Waals surface area contributed by atoms with Crippen molar-refractivity contribution in [3.05, 3.63) is 64.4 Å². The van der Waals surface area contributed by atoms with Crippen molar-refractivity contribution in [2.75, 3.05) is 19.6 Å². The molecule has 0 radical (unpaired) electrons. The molecule has 28 heavy (non-hydrogen) atoms. The number of aryl methyl sites for hydroxylation is 1. The quantitative estimate of drug-likeness (QED) is 0.598. The van der Waals surface area contributed by atoms with Crippen molar-refractivity contribution < 1.29 is 4.79 Å².